The zero-order valence-electron chi connectivity index (χ0n) is 13.8. The minimum atomic E-state index is 0.690. The summed E-state index contributed by atoms with van der Waals surface area (Å²) >= 11 is 1.66. The fourth-order valence-corrected chi connectivity index (χ4v) is 2.70. The van der Waals surface area contributed by atoms with Crippen LogP contribution in [0, 0.1) is 25.7 Å². The fraction of sp³-hybridized carbons (Fsp3) is 0.200. The van der Waals surface area contributed by atoms with Crippen molar-refractivity contribution >= 4 is 18.5 Å². The molecule has 0 bridgehead atoms. The van der Waals surface area contributed by atoms with Gasteiger partial charge in [-0.1, -0.05) is 31.0 Å². The van der Waals surface area contributed by atoms with Gasteiger partial charge in [-0.05, 0) is 55.5 Å². The highest BCUT2D eigenvalue weighted by Gasteiger charge is 2.05. The molecule has 0 N–H and O–H groups in total. The fourth-order valence-electron chi connectivity index (χ4n) is 2.24. The molecule has 1 heterocycles. The molecule has 0 saturated carbocycles. The number of aliphatic imine (C=N–C) groups is 1. The van der Waals surface area contributed by atoms with Gasteiger partial charge in [-0.25, -0.2) is 0 Å². The maximum Gasteiger partial charge on any atom is 0.119 e. The van der Waals surface area contributed by atoms with Gasteiger partial charge in [-0.2, -0.15) is 0 Å². The molecule has 2 aromatic rings. The molecule has 2 rings (SSSR count). The van der Waals surface area contributed by atoms with Crippen LogP contribution in [-0.2, 0) is 0 Å². The van der Waals surface area contributed by atoms with Crippen molar-refractivity contribution in [3.63, 3.8) is 0 Å². The lowest BCUT2D eigenvalue weighted by Gasteiger charge is -2.08. The van der Waals surface area contributed by atoms with Gasteiger partial charge in [0, 0.05) is 22.7 Å². The molecular weight excluding hydrogens is 300 g/mol. The third kappa shape index (κ3) is 4.58. The monoisotopic (exact) mass is 320 g/mol. The van der Waals surface area contributed by atoms with E-state index in [0.29, 0.717) is 5.70 Å². The van der Waals surface area contributed by atoms with Gasteiger partial charge in [0.15, 0.2) is 0 Å². The first-order valence-electron chi connectivity index (χ1n) is 7.49. The van der Waals surface area contributed by atoms with Crippen LogP contribution in [-0.4, -0.2) is 17.5 Å². The molecule has 0 spiro atoms. The third-order valence-corrected chi connectivity index (χ3v) is 4.09. The molecular formula is C20H20N2S. The molecule has 2 nitrogen and oxygen atoms in total. The van der Waals surface area contributed by atoms with Crippen molar-refractivity contribution in [1.82, 2.24) is 4.98 Å². The first-order chi connectivity index (χ1) is 11.2. The highest BCUT2D eigenvalue weighted by Crippen LogP contribution is 2.25. The van der Waals surface area contributed by atoms with Crippen LogP contribution >= 0.6 is 11.8 Å². The topological polar surface area (TPSA) is 25.2 Å². The van der Waals surface area contributed by atoms with Crippen LogP contribution in [0.4, 0.5) is 0 Å². The van der Waals surface area contributed by atoms with E-state index in [1.807, 2.05) is 23.7 Å². The largest absolute Gasteiger partial charge is 0.255 e. The number of benzene rings is 1. The zero-order valence-corrected chi connectivity index (χ0v) is 14.6. The van der Waals surface area contributed by atoms with Crippen LogP contribution in [0.3, 0.4) is 0 Å². The molecule has 0 saturated heterocycles. The Hall–Kier alpha value is -2.31. The lowest BCUT2D eigenvalue weighted by Crippen LogP contribution is -1.91. The second kappa shape index (κ2) is 8.36. The van der Waals surface area contributed by atoms with E-state index in [2.05, 4.69) is 67.5 Å². The van der Waals surface area contributed by atoms with Gasteiger partial charge >= 0.3 is 0 Å². The smallest absolute Gasteiger partial charge is 0.119 e. The second-order valence-corrected chi connectivity index (χ2v) is 6.21. The average molecular weight is 320 g/mol. The van der Waals surface area contributed by atoms with E-state index in [1.165, 1.54) is 16.7 Å². The van der Waals surface area contributed by atoms with Crippen molar-refractivity contribution in [2.75, 3.05) is 5.75 Å². The molecule has 0 aliphatic heterocycles. The van der Waals surface area contributed by atoms with Gasteiger partial charge in [0.2, 0.25) is 0 Å². The quantitative estimate of drug-likeness (QED) is 0.584. The van der Waals surface area contributed by atoms with Crippen molar-refractivity contribution < 1.29 is 0 Å². The summed E-state index contributed by atoms with van der Waals surface area (Å²) in [5.74, 6) is 7.10. The lowest BCUT2D eigenvalue weighted by molar-refractivity contribution is 1.27. The second-order valence-electron chi connectivity index (χ2n) is 5.07. The molecule has 3 heteroatoms. The van der Waals surface area contributed by atoms with Crippen LogP contribution in [0.5, 0.6) is 0 Å². The number of hydrogen-bond acceptors (Lipinski definition) is 3. The first kappa shape index (κ1) is 17.1. The summed E-state index contributed by atoms with van der Waals surface area (Å²) in [4.78, 5) is 8.49. The van der Waals surface area contributed by atoms with Crippen molar-refractivity contribution in [1.29, 1.82) is 0 Å². The van der Waals surface area contributed by atoms with E-state index in [1.54, 1.807) is 11.8 Å². The molecule has 0 aliphatic carbocycles. The Kier molecular flexibility index (Phi) is 6.19. The summed E-state index contributed by atoms with van der Waals surface area (Å²) in [6.07, 6.45) is 1.81. The molecule has 0 amide bonds. The standard InChI is InChI=1S/C20H20N2S/c1-5-23-14-18(21-4)11-9-17-10-12-19(22-13-17)20-15(2)7-6-8-16(20)3/h6-8,10,12-14H,4-5H2,1-3H3/b18-14-. The third-order valence-electron chi connectivity index (χ3n) is 3.37. The first-order valence-corrected chi connectivity index (χ1v) is 8.53. The molecule has 0 atom stereocenters. The van der Waals surface area contributed by atoms with E-state index in [9.17, 15) is 0 Å². The summed E-state index contributed by atoms with van der Waals surface area (Å²) in [6.45, 7) is 9.85. The van der Waals surface area contributed by atoms with Gasteiger partial charge in [-0.3, -0.25) is 9.98 Å². The van der Waals surface area contributed by atoms with Gasteiger partial charge in [0.1, 0.15) is 5.70 Å². The summed E-state index contributed by atoms with van der Waals surface area (Å²) in [5.41, 5.74) is 6.19. The Morgan fingerprint density at radius 1 is 1.26 bits per heavy atom. The van der Waals surface area contributed by atoms with E-state index in [0.717, 1.165) is 17.0 Å². The Labute approximate surface area is 142 Å². The predicted molar refractivity (Wildman–Crippen MR) is 102 cm³/mol. The van der Waals surface area contributed by atoms with E-state index in [4.69, 9.17) is 0 Å². The summed E-state index contributed by atoms with van der Waals surface area (Å²) in [5, 5.41) is 1.93. The van der Waals surface area contributed by atoms with Gasteiger partial charge in [0.05, 0.1) is 5.69 Å². The Bertz CT molecular complexity index is 757. The molecule has 0 unspecified atom stereocenters. The number of aryl methyl sites for hydroxylation is 2. The highest BCUT2D eigenvalue weighted by molar-refractivity contribution is 8.02. The average Bonchev–Trinajstić information content (AvgIpc) is 2.56. The van der Waals surface area contributed by atoms with Gasteiger partial charge in [-0.15, -0.1) is 11.8 Å². The van der Waals surface area contributed by atoms with Crippen LogP contribution in [0.15, 0.2) is 52.6 Å². The van der Waals surface area contributed by atoms with Crippen molar-refractivity contribution in [2.24, 2.45) is 4.99 Å². The Morgan fingerprint density at radius 2 is 2.00 bits per heavy atom. The number of aromatic nitrogens is 1. The van der Waals surface area contributed by atoms with Crippen molar-refractivity contribution in [2.45, 2.75) is 20.8 Å². The molecule has 23 heavy (non-hydrogen) atoms. The Morgan fingerprint density at radius 3 is 2.57 bits per heavy atom. The molecule has 0 radical (unpaired) electrons. The lowest BCUT2D eigenvalue weighted by atomic mass is 9.99. The minimum absolute atomic E-state index is 0.690. The van der Waals surface area contributed by atoms with Crippen molar-refractivity contribution in [3.8, 4) is 23.1 Å². The maximum absolute atomic E-state index is 4.56. The molecule has 0 fully saturated rings. The number of thioether (sulfide) groups is 1. The number of pyridine rings is 1. The number of allylic oxidation sites excluding steroid dienone is 1. The SMILES string of the molecule is C=N/C(C#Cc1ccc(-c2c(C)cccc2C)nc1)=C\SCC. The molecule has 1 aromatic heterocycles. The van der Waals surface area contributed by atoms with Crippen LogP contribution in [0.2, 0.25) is 0 Å². The molecule has 1 aromatic carbocycles. The zero-order chi connectivity index (χ0) is 16.7. The highest BCUT2D eigenvalue weighted by atomic mass is 32.2. The summed E-state index contributed by atoms with van der Waals surface area (Å²) in [7, 11) is 0. The predicted octanol–water partition coefficient (Wildman–Crippen LogP) is 5.01. The summed E-state index contributed by atoms with van der Waals surface area (Å²) in [6, 6.07) is 10.3. The number of rotatable bonds is 4. The Balaban J connectivity index is 2.26. The van der Waals surface area contributed by atoms with Crippen LogP contribution in [0.25, 0.3) is 11.3 Å². The van der Waals surface area contributed by atoms with Gasteiger partial charge in [0.25, 0.3) is 0 Å². The van der Waals surface area contributed by atoms with Crippen LogP contribution < -0.4 is 0 Å². The molecule has 116 valence electrons. The normalized spacial score (nSPS) is 10.8. The number of hydrogen-bond donors (Lipinski definition) is 0. The maximum atomic E-state index is 4.56. The van der Waals surface area contributed by atoms with E-state index >= 15 is 0 Å². The van der Waals surface area contributed by atoms with Crippen LogP contribution in [0.1, 0.15) is 23.6 Å². The summed E-state index contributed by atoms with van der Waals surface area (Å²) < 4.78 is 0. The van der Waals surface area contributed by atoms with Crippen molar-refractivity contribution in [3.05, 3.63) is 64.3 Å². The van der Waals surface area contributed by atoms with E-state index < -0.39 is 0 Å². The number of nitrogens with zero attached hydrogens (tertiary/aromatic N) is 2. The van der Waals surface area contributed by atoms with E-state index in [-0.39, 0.29) is 0 Å². The minimum Gasteiger partial charge on any atom is -0.255 e. The molecule has 0 aliphatic rings. The van der Waals surface area contributed by atoms with Gasteiger partial charge < -0.3 is 0 Å².